The fourth-order valence-corrected chi connectivity index (χ4v) is 4.25. The number of para-hydroxylation sites is 1. The van der Waals surface area contributed by atoms with Gasteiger partial charge in [0.2, 0.25) is 5.91 Å². The molecule has 31 heavy (non-hydrogen) atoms. The Bertz CT molecular complexity index is 1150. The van der Waals surface area contributed by atoms with E-state index in [4.69, 9.17) is 9.57 Å². The molecule has 2 saturated heterocycles. The molecule has 2 aliphatic heterocycles. The molecule has 156 valence electrons. The van der Waals surface area contributed by atoms with Crippen LogP contribution in [0.25, 0.3) is 0 Å². The summed E-state index contributed by atoms with van der Waals surface area (Å²) in [6.45, 7) is 0. The number of amides is 2. The van der Waals surface area contributed by atoms with Crippen LogP contribution in [0.5, 0.6) is 5.75 Å². The minimum Gasteiger partial charge on any atom is -0.497 e. The third kappa shape index (κ3) is 3.05. The van der Waals surface area contributed by atoms with E-state index in [0.717, 1.165) is 4.90 Å². The van der Waals surface area contributed by atoms with Crippen LogP contribution in [0.15, 0.2) is 78.9 Å². The van der Waals surface area contributed by atoms with E-state index < -0.39 is 35.7 Å². The summed E-state index contributed by atoms with van der Waals surface area (Å²) in [6, 6.07) is 21.2. The highest BCUT2D eigenvalue weighted by molar-refractivity contribution is 6.24. The zero-order valence-electron chi connectivity index (χ0n) is 16.6. The molecule has 3 atom stereocenters. The summed E-state index contributed by atoms with van der Waals surface area (Å²) in [5.74, 6) is -1.75. The highest BCUT2D eigenvalue weighted by Crippen LogP contribution is 2.48. The van der Waals surface area contributed by atoms with Crippen molar-refractivity contribution in [2.24, 2.45) is 5.92 Å². The number of anilines is 2. The Morgan fingerprint density at radius 1 is 0.871 bits per heavy atom. The van der Waals surface area contributed by atoms with Crippen LogP contribution in [0.3, 0.4) is 0 Å². The van der Waals surface area contributed by atoms with Crippen molar-refractivity contribution in [3.05, 3.63) is 90.2 Å². The minimum atomic E-state index is -1.05. The van der Waals surface area contributed by atoms with Gasteiger partial charge in [-0.3, -0.25) is 14.4 Å². The third-order valence-corrected chi connectivity index (χ3v) is 5.66. The second kappa shape index (κ2) is 7.52. The van der Waals surface area contributed by atoms with Gasteiger partial charge in [-0.15, -0.1) is 0 Å². The van der Waals surface area contributed by atoms with Crippen molar-refractivity contribution in [2.45, 2.75) is 12.1 Å². The third-order valence-electron chi connectivity index (χ3n) is 5.66. The first-order chi connectivity index (χ1) is 15.1. The molecular formula is C24H19FN2O4. The first kappa shape index (κ1) is 19.3. The van der Waals surface area contributed by atoms with Crippen molar-refractivity contribution in [1.29, 1.82) is 0 Å². The molecule has 2 aliphatic rings. The van der Waals surface area contributed by atoms with Crippen LogP contribution < -0.4 is 14.7 Å². The van der Waals surface area contributed by atoms with Crippen LogP contribution in [0.4, 0.5) is 15.8 Å². The lowest BCUT2D eigenvalue weighted by atomic mass is 9.90. The molecule has 6 nitrogen and oxygen atoms in total. The molecule has 0 bridgehead atoms. The molecule has 0 aliphatic carbocycles. The Labute approximate surface area is 178 Å². The van der Waals surface area contributed by atoms with Gasteiger partial charge in [0.05, 0.1) is 24.5 Å². The molecule has 5 rings (SSSR count). The number of carbonyl (C=O) groups excluding carboxylic acids is 2. The average Bonchev–Trinajstić information content (AvgIpc) is 3.31. The maximum Gasteiger partial charge on any atom is 0.266 e. The van der Waals surface area contributed by atoms with Gasteiger partial charge in [0.25, 0.3) is 5.91 Å². The molecule has 7 heteroatoms. The number of ether oxygens (including phenoxy) is 1. The van der Waals surface area contributed by atoms with Gasteiger partial charge in [-0.1, -0.05) is 42.5 Å². The predicted molar refractivity (Wildman–Crippen MR) is 112 cm³/mol. The van der Waals surface area contributed by atoms with Gasteiger partial charge < -0.3 is 4.74 Å². The number of methoxy groups -OCH3 is 1. The number of hydrogen-bond acceptors (Lipinski definition) is 5. The predicted octanol–water partition coefficient (Wildman–Crippen LogP) is 3.89. The molecule has 2 heterocycles. The molecule has 0 spiro atoms. The summed E-state index contributed by atoms with van der Waals surface area (Å²) >= 11 is 0. The number of hydrogen-bond donors (Lipinski definition) is 0. The smallest absolute Gasteiger partial charge is 0.266 e. The largest absolute Gasteiger partial charge is 0.497 e. The zero-order chi connectivity index (χ0) is 21.5. The summed E-state index contributed by atoms with van der Waals surface area (Å²) in [5.41, 5.74) is 1.33. The van der Waals surface area contributed by atoms with Crippen molar-refractivity contribution < 1.29 is 23.6 Å². The normalized spacial score (nSPS) is 22.7. The SMILES string of the molecule is COc1cccc(N2C(=O)[C@H]3[C@H](ON(c4ccccc4)[C@@H]3c3ccccc3F)C2=O)c1. The Balaban J connectivity index is 1.60. The lowest BCUT2D eigenvalue weighted by molar-refractivity contribution is -0.126. The van der Waals surface area contributed by atoms with E-state index in [1.54, 1.807) is 54.6 Å². The van der Waals surface area contributed by atoms with E-state index in [9.17, 15) is 14.0 Å². The van der Waals surface area contributed by atoms with Gasteiger partial charge in [0.1, 0.15) is 17.5 Å². The quantitative estimate of drug-likeness (QED) is 0.602. The highest BCUT2D eigenvalue weighted by Gasteiger charge is 2.60. The Kier molecular flexibility index (Phi) is 4.67. The van der Waals surface area contributed by atoms with E-state index >= 15 is 0 Å². The van der Waals surface area contributed by atoms with E-state index in [1.807, 2.05) is 18.2 Å². The molecule has 3 aromatic carbocycles. The molecule has 0 aromatic heterocycles. The molecule has 0 unspecified atom stereocenters. The fraction of sp³-hybridized carbons (Fsp3) is 0.167. The Morgan fingerprint density at radius 3 is 2.32 bits per heavy atom. The summed E-state index contributed by atoms with van der Waals surface area (Å²) in [5, 5.41) is 1.48. The van der Waals surface area contributed by atoms with E-state index in [-0.39, 0.29) is 0 Å². The molecule has 3 aromatic rings. The minimum absolute atomic E-state index is 0.299. The lowest BCUT2D eigenvalue weighted by Gasteiger charge is -2.29. The first-order valence-electron chi connectivity index (χ1n) is 9.87. The first-order valence-corrected chi connectivity index (χ1v) is 9.87. The number of fused-ring (bicyclic) bond motifs is 1. The van der Waals surface area contributed by atoms with Crippen molar-refractivity contribution in [3.63, 3.8) is 0 Å². The van der Waals surface area contributed by atoms with Crippen molar-refractivity contribution in [2.75, 3.05) is 17.1 Å². The second-order valence-electron chi connectivity index (χ2n) is 7.39. The molecule has 0 saturated carbocycles. The van der Waals surface area contributed by atoms with Crippen LogP contribution in [-0.2, 0) is 14.4 Å². The highest BCUT2D eigenvalue weighted by atomic mass is 19.1. The number of imide groups is 1. The van der Waals surface area contributed by atoms with Crippen LogP contribution >= 0.6 is 0 Å². The summed E-state index contributed by atoms with van der Waals surface area (Å²) in [4.78, 5) is 33.9. The van der Waals surface area contributed by atoms with E-state index in [2.05, 4.69) is 0 Å². The lowest BCUT2D eigenvalue weighted by Crippen LogP contribution is -2.37. The van der Waals surface area contributed by atoms with E-state index in [1.165, 1.54) is 18.2 Å². The van der Waals surface area contributed by atoms with Crippen LogP contribution in [0.1, 0.15) is 11.6 Å². The van der Waals surface area contributed by atoms with Gasteiger partial charge in [-0.2, -0.15) is 0 Å². The van der Waals surface area contributed by atoms with Crippen LogP contribution in [-0.4, -0.2) is 25.0 Å². The monoisotopic (exact) mass is 418 g/mol. The summed E-state index contributed by atoms with van der Waals surface area (Å²) < 4.78 is 20.0. The molecular weight excluding hydrogens is 399 g/mol. The van der Waals surface area contributed by atoms with Gasteiger partial charge in [-0.25, -0.2) is 14.4 Å². The molecule has 2 fully saturated rings. The van der Waals surface area contributed by atoms with Crippen molar-refractivity contribution in [3.8, 4) is 5.75 Å². The number of hydroxylamine groups is 1. The Morgan fingerprint density at radius 2 is 1.58 bits per heavy atom. The number of nitrogens with zero attached hydrogens (tertiary/aromatic N) is 2. The average molecular weight is 418 g/mol. The van der Waals surface area contributed by atoms with Crippen LogP contribution in [0.2, 0.25) is 0 Å². The zero-order valence-corrected chi connectivity index (χ0v) is 16.6. The second-order valence-corrected chi connectivity index (χ2v) is 7.39. The standard InChI is InChI=1S/C24H19FN2O4/c1-30-17-11-7-10-16(14-17)26-23(28)20-21(18-12-5-6-13-19(18)25)27(31-22(20)24(26)29)15-8-3-2-4-9-15/h2-14,20-22H,1H3/t20-,21-,22+/m1/s1. The van der Waals surface area contributed by atoms with Gasteiger partial charge in [0.15, 0.2) is 6.10 Å². The number of rotatable bonds is 4. The van der Waals surface area contributed by atoms with Crippen molar-refractivity contribution in [1.82, 2.24) is 0 Å². The van der Waals surface area contributed by atoms with Gasteiger partial charge in [-0.05, 0) is 30.3 Å². The molecule has 0 N–H and O–H groups in total. The van der Waals surface area contributed by atoms with Gasteiger partial charge >= 0.3 is 0 Å². The van der Waals surface area contributed by atoms with Crippen LogP contribution in [0, 0.1) is 11.7 Å². The topological polar surface area (TPSA) is 59.1 Å². The summed E-state index contributed by atoms with van der Waals surface area (Å²) in [6.07, 6.45) is -1.05. The Hall–Kier alpha value is -3.71. The number of benzene rings is 3. The molecule has 2 amide bonds. The maximum atomic E-state index is 14.8. The fourth-order valence-electron chi connectivity index (χ4n) is 4.25. The molecule has 0 radical (unpaired) electrons. The number of carbonyl (C=O) groups is 2. The van der Waals surface area contributed by atoms with Gasteiger partial charge in [0, 0.05) is 11.6 Å². The number of halogens is 1. The summed E-state index contributed by atoms with van der Waals surface area (Å²) in [7, 11) is 1.51. The van der Waals surface area contributed by atoms with E-state index in [0.29, 0.717) is 22.7 Å². The van der Waals surface area contributed by atoms with Crippen molar-refractivity contribution >= 4 is 23.2 Å². The maximum absolute atomic E-state index is 14.8.